The number of nitrogens with zero attached hydrogens (tertiary/aromatic N) is 2. The van der Waals surface area contributed by atoms with E-state index in [-0.39, 0.29) is 11.1 Å². The zero-order valence-electron chi connectivity index (χ0n) is 11.4. The predicted octanol–water partition coefficient (Wildman–Crippen LogP) is 3.38. The van der Waals surface area contributed by atoms with Crippen molar-refractivity contribution < 1.29 is 4.39 Å². The second-order valence-electron chi connectivity index (χ2n) is 4.70. The minimum absolute atomic E-state index is 0.00500. The molecule has 2 N–H and O–H groups in total. The van der Waals surface area contributed by atoms with Crippen molar-refractivity contribution >= 4 is 22.9 Å². The highest BCUT2D eigenvalue weighted by molar-refractivity contribution is 7.09. The number of aryl methyl sites for hydroxylation is 1. The third kappa shape index (κ3) is 3.35. The molecule has 0 fully saturated rings. The second-order valence-corrected chi connectivity index (χ2v) is 6.05. The summed E-state index contributed by atoms with van der Waals surface area (Å²) < 4.78 is 13.2. The van der Waals surface area contributed by atoms with Gasteiger partial charge in [0, 0.05) is 24.0 Å². The number of thiazole rings is 1. The number of rotatable bonds is 5. The Morgan fingerprint density at radius 3 is 2.80 bits per heavy atom. The first kappa shape index (κ1) is 15.4. The number of hydrogen-bond donors (Lipinski definition) is 1. The lowest BCUT2D eigenvalue weighted by atomic mass is 10.1. The lowest BCUT2D eigenvalue weighted by molar-refractivity contribution is 0.243. The van der Waals surface area contributed by atoms with Crippen molar-refractivity contribution in [1.29, 1.82) is 0 Å². The summed E-state index contributed by atoms with van der Waals surface area (Å²) in [7, 11) is 1.99. The highest BCUT2D eigenvalue weighted by atomic mass is 35.5. The van der Waals surface area contributed by atoms with E-state index in [1.54, 1.807) is 23.5 Å². The fourth-order valence-electron chi connectivity index (χ4n) is 2.10. The third-order valence-corrected chi connectivity index (χ3v) is 4.53. The molecule has 3 nitrogen and oxygen atoms in total. The molecular formula is C14H17ClFN3S. The summed E-state index contributed by atoms with van der Waals surface area (Å²) in [6.45, 7) is 3.19. The minimum Gasteiger partial charge on any atom is -0.329 e. The van der Waals surface area contributed by atoms with Gasteiger partial charge in [-0.15, -0.1) is 11.3 Å². The molecule has 0 radical (unpaired) electrons. The van der Waals surface area contributed by atoms with Gasteiger partial charge in [0.25, 0.3) is 0 Å². The zero-order chi connectivity index (χ0) is 14.7. The molecule has 6 heteroatoms. The van der Waals surface area contributed by atoms with Gasteiger partial charge in [0.15, 0.2) is 0 Å². The van der Waals surface area contributed by atoms with Crippen LogP contribution in [0.1, 0.15) is 22.2 Å². The van der Waals surface area contributed by atoms with Crippen LogP contribution in [0.15, 0.2) is 23.7 Å². The summed E-state index contributed by atoms with van der Waals surface area (Å²) >= 11 is 7.47. The van der Waals surface area contributed by atoms with Gasteiger partial charge in [-0.2, -0.15) is 0 Å². The monoisotopic (exact) mass is 313 g/mol. The summed E-state index contributed by atoms with van der Waals surface area (Å²) in [5.74, 6) is -0.410. The molecule has 1 aromatic carbocycles. The number of benzene rings is 1. The van der Waals surface area contributed by atoms with Crippen LogP contribution in [0.5, 0.6) is 0 Å². The van der Waals surface area contributed by atoms with E-state index in [9.17, 15) is 4.39 Å². The molecule has 0 saturated heterocycles. The number of hydrogen-bond acceptors (Lipinski definition) is 4. The largest absolute Gasteiger partial charge is 0.329 e. The first-order valence-electron chi connectivity index (χ1n) is 6.27. The SMILES string of the molecule is Cc1ncsc1CN(C)C(CN)c1ccc(F)c(Cl)c1. The Hall–Kier alpha value is -1.01. The van der Waals surface area contributed by atoms with E-state index in [0.29, 0.717) is 6.54 Å². The lowest BCUT2D eigenvalue weighted by Crippen LogP contribution is -2.30. The molecule has 2 aromatic rings. The van der Waals surface area contributed by atoms with E-state index in [0.717, 1.165) is 17.8 Å². The maximum atomic E-state index is 13.2. The van der Waals surface area contributed by atoms with Gasteiger partial charge in [0.1, 0.15) is 5.82 Å². The highest BCUT2D eigenvalue weighted by Gasteiger charge is 2.18. The van der Waals surface area contributed by atoms with Gasteiger partial charge in [-0.1, -0.05) is 17.7 Å². The highest BCUT2D eigenvalue weighted by Crippen LogP contribution is 2.26. The van der Waals surface area contributed by atoms with Gasteiger partial charge < -0.3 is 5.73 Å². The minimum atomic E-state index is -0.410. The molecule has 0 spiro atoms. The molecule has 1 aromatic heterocycles. The van der Waals surface area contributed by atoms with Crippen molar-refractivity contribution in [2.45, 2.75) is 19.5 Å². The summed E-state index contributed by atoms with van der Waals surface area (Å²) in [6.07, 6.45) is 0. The van der Waals surface area contributed by atoms with E-state index >= 15 is 0 Å². The molecule has 0 saturated carbocycles. The second kappa shape index (κ2) is 6.63. The Morgan fingerprint density at radius 2 is 2.25 bits per heavy atom. The van der Waals surface area contributed by atoms with Crippen LogP contribution in [0.4, 0.5) is 4.39 Å². The average Bonchev–Trinajstić information content (AvgIpc) is 2.80. The van der Waals surface area contributed by atoms with Gasteiger partial charge in [0.2, 0.25) is 0 Å². The van der Waals surface area contributed by atoms with Crippen LogP contribution in [-0.4, -0.2) is 23.5 Å². The van der Waals surface area contributed by atoms with Crippen molar-refractivity contribution in [1.82, 2.24) is 9.88 Å². The van der Waals surface area contributed by atoms with Crippen molar-refractivity contribution in [2.75, 3.05) is 13.6 Å². The molecule has 0 bridgehead atoms. The van der Waals surface area contributed by atoms with Crippen molar-refractivity contribution in [3.8, 4) is 0 Å². The van der Waals surface area contributed by atoms with Crippen LogP contribution < -0.4 is 5.73 Å². The van der Waals surface area contributed by atoms with Gasteiger partial charge >= 0.3 is 0 Å². The smallest absolute Gasteiger partial charge is 0.141 e. The molecule has 0 aliphatic heterocycles. The van der Waals surface area contributed by atoms with Crippen LogP contribution in [0.3, 0.4) is 0 Å². The maximum absolute atomic E-state index is 13.2. The standard InChI is InChI=1S/C14H17ClFN3S/c1-9-14(20-8-18-9)7-19(2)13(6-17)10-3-4-12(16)11(15)5-10/h3-5,8,13H,6-7,17H2,1-2H3. The fraction of sp³-hybridized carbons (Fsp3) is 0.357. The van der Waals surface area contributed by atoms with Crippen molar-refractivity contribution in [2.24, 2.45) is 5.73 Å². The lowest BCUT2D eigenvalue weighted by Gasteiger charge is -2.27. The van der Waals surface area contributed by atoms with E-state index in [2.05, 4.69) is 9.88 Å². The Morgan fingerprint density at radius 1 is 1.50 bits per heavy atom. The fourth-order valence-corrected chi connectivity index (χ4v) is 3.13. The first-order chi connectivity index (χ1) is 9.52. The Labute approximate surface area is 127 Å². The van der Waals surface area contributed by atoms with Gasteiger partial charge in [-0.3, -0.25) is 4.90 Å². The van der Waals surface area contributed by atoms with E-state index in [1.807, 2.05) is 19.5 Å². The topological polar surface area (TPSA) is 42.2 Å². The third-order valence-electron chi connectivity index (χ3n) is 3.32. The molecule has 2 rings (SSSR count). The Kier molecular flexibility index (Phi) is 5.10. The molecule has 0 aliphatic carbocycles. The van der Waals surface area contributed by atoms with Crippen LogP contribution in [0, 0.1) is 12.7 Å². The van der Waals surface area contributed by atoms with Gasteiger partial charge in [-0.25, -0.2) is 9.37 Å². The summed E-state index contributed by atoms with van der Waals surface area (Å²) in [5, 5.41) is 0.128. The quantitative estimate of drug-likeness (QED) is 0.920. The predicted molar refractivity (Wildman–Crippen MR) is 81.5 cm³/mol. The zero-order valence-corrected chi connectivity index (χ0v) is 13.0. The maximum Gasteiger partial charge on any atom is 0.141 e. The number of aromatic nitrogens is 1. The molecular weight excluding hydrogens is 297 g/mol. The Bertz CT molecular complexity index is 588. The van der Waals surface area contributed by atoms with Gasteiger partial charge in [0.05, 0.1) is 16.2 Å². The number of likely N-dealkylation sites (N-methyl/N-ethyl adjacent to an activating group) is 1. The van der Waals surface area contributed by atoms with E-state index in [4.69, 9.17) is 17.3 Å². The normalized spacial score (nSPS) is 12.9. The molecule has 0 aliphatic rings. The summed E-state index contributed by atoms with van der Waals surface area (Å²) in [6, 6.07) is 4.75. The van der Waals surface area contributed by atoms with Crippen LogP contribution in [-0.2, 0) is 6.54 Å². The molecule has 1 heterocycles. The summed E-state index contributed by atoms with van der Waals surface area (Å²) in [4.78, 5) is 7.58. The van der Waals surface area contributed by atoms with Crippen molar-refractivity contribution in [3.63, 3.8) is 0 Å². The Balaban J connectivity index is 2.18. The van der Waals surface area contributed by atoms with Crippen LogP contribution >= 0.6 is 22.9 Å². The molecule has 1 unspecified atom stereocenters. The first-order valence-corrected chi connectivity index (χ1v) is 7.53. The molecule has 20 heavy (non-hydrogen) atoms. The molecule has 1 atom stereocenters. The van der Waals surface area contributed by atoms with Crippen LogP contribution in [0.2, 0.25) is 5.02 Å². The molecule has 0 amide bonds. The summed E-state index contributed by atoms with van der Waals surface area (Å²) in [5.41, 5.74) is 9.66. The van der Waals surface area contributed by atoms with E-state index in [1.165, 1.54) is 10.9 Å². The average molecular weight is 314 g/mol. The van der Waals surface area contributed by atoms with Crippen molar-refractivity contribution in [3.05, 3.63) is 50.7 Å². The van der Waals surface area contributed by atoms with Crippen LogP contribution in [0.25, 0.3) is 0 Å². The van der Waals surface area contributed by atoms with Gasteiger partial charge in [-0.05, 0) is 31.7 Å². The van der Waals surface area contributed by atoms with E-state index < -0.39 is 5.82 Å². The number of halogens is 2. The molecule has 108 valence electrons. The number of nitrogens with two attached hydrogens (primary N) is 1.